The summed E-state index contributed by atoms with van der Waals surface area (Å²) >= 11 is 1.50. The number of rotatable bonds is 8. The van der Waals surface area contributed by atoms with Crippen LogP contribution >= 0.6 is 11.3 Å². The van der Waals surface area contributed by atoms with Crippen LogP contribution < -0.4 is 16.0 Å². The third-order valence-electron chi connectivity index (χ3n) is 9.21. The van der Waals surface area contributed by atoms with E-state index < -0.39 is 0 Å². The zero-order chi connectivity index (χ0) is 29.6. The second kappa shape index (κ2) is 14.1. The second-order valence-corrected chi connectivity index (χ2v) is 13.3. The van der Waals surface area contributed by atoms with Gasteiger partial charge in [0, 0.05) is 38.3 Å². The molecule has 2 amide bonds. The lowest BCUT2D eigenvalue weighted by Crippen LogP contribution is -2.43. The summed E-state index contributed by atoms with van der Waals surface area (Å²) in [4.78, 5) is 32.1. The minimum atomic E-state index is -0.384. The predicted molar refractivity (Wildman–Crippen MR) is 175 cm³/mol. The van der Waals surface area contributed by atoms with Crippen LogP contribution in [0, 0.1) is 0 Å². The molecule has 2 saturated heterocycles. The topological polar surface area (TPSA) is 87.9 Å². The van der Waals surface area contributed by atoms with Gasteiger partial charge in [-0.05, 0) is 97.7 Å². The molecule has 1 atom stereocenters. The Balaban J connectivity index is 1.27. The van der Waals surface area contributed by atoms with Gasteiger partial charge in [-0.3, -0.25) is 9.59 Å². The van der Waals surface area contributed by atoms with E-state index in [4.69, 9.17) is 10.5 Å². The molecule has 3 aromatic rings. The highest BCUT2D eigenvalue weighted by atomic mass is 32.1. The zero-order valence-electron chi connectivity index (χ0n) is 25.0. The molecule has 6 rings (SSSR count). The predicted octanol–water partition coefficient (Wildman–Crippen LogP) is 6.83. The number of anilines is 2. The van der Waals surface area contributed by atoms with Crippen molar-refractivity contribution in [1.82, 2.24) is 4.90 Å². The van der Waals surface area contributed by atoms with Gasteiger partial charge in [-0.25, -0.2) is 0 Å². The van der Waals surface area contributed by atoms with Gasteiger partial charge in [0.05, 0.1) is 16.3 Å². The Morgan fingerprint density at radius 2 is 1.70 bits per heavy atom. The first-order valence-electron chi connectivity index (χ1n) is 16.1. The molecule has 2 aliphatic heterocycles. The average molecular weight is 601 g/mol. The van der Waals surface area contributed by atoms with Gasteiger partial charge in [-0.2, -0.15) is 0 Å². The third kappa shape index (κ3) is 7.31. The van der Waals surface area contributed by atoms with E-state index in [-0.39, 0.29) is 30.0 Å². The molecule has 1 saturated carbocycles. The number of nitrogens with two attached hydrogens (primary N) is 1. The number of nitrogens with one attached hydrogen (secondary N) is 1. The zero-order valence-corrected chi connectivity index (χ0v) is 25.8. The summed E-state index contributed by atoms with van der Waals surface area (Å²) < 4.78 is 5.70. The van der Waals surface area contributed by atoms with Crippen LogP contribution in [-0.4, -0.2) is 54.6 Å². The molecule has 0 spiro atoms. The molecule has 3 aliphatic rings. The van der Waals surface area contributed by atoms with E-state index in [1.165, 1.54) is 24.2 Å². The van der Waals surface area contributed by atoms with Crippen molar-refractivity contribution in [3.63, 3.8) is 0 Å². The lowest BCUT2D eigenvalue weighted by atomic mass is 9.90. The van der Waals surface area contributed by atoms with E-state index >= 15 is 0 Å². The number of thiophene rings is 1. The highest BCUT2D eigenvalue weighted by Crippen LogP contribution is 2.35. The molecular formula is C35H44N4O3S. The summed E-state index contributed by atoms with van der Waals surface area (Å²) in [7, 11) is 0. The van der Waals surface area contributed by atoms with Crippen molar-refractivity contribution in [2.75, 3.05) is 29.9 Å². The minimum absolute atomic E-state index is 0.0607. The fraction of sp³-hybridized carbons (Fsp3) is 0.486. The van der Waals surface area contributed by atoms with Crippen molar-refractivity contribution < 1.29 is 14.3 Å². The van der Waals surface area contributed by atoms with Gasteiger partial charge in [0.25, 0.3) is 11.8 Å². The molecule has 43 heavy (non-hydrogen) atoms. The largest absolute Gasteiger partial charge is 0.370 e. The van der Waals surface area contributed by atoms with Gasteiger partial charge < -0.3 is 25.6 Å². The summed E-state index contributed by atoms with van der Waals surface area (Å²) in [6.07, 6.45) is 9.89. The normalized spacial score (nSPS) is 22.6. The molecule has 8 heteroatoms. The number of ether oxygens (including phenoxy) is 1. The highest BCUT2D eigenvalue weighted by molar-refractivity contribution is 7.12. The maximum atomic E-state index is 13.7. The number of benzene rings is 2. The Kier molecular flexibility index (Phi) is 9.76. The molecule has 2 aromatic carbocycles. The maximum Gasteiger partial charge on any atom is 0.264 e. The summed E-state index contributed by atoms with van der Waals surface area (Å²) in [5.74, 6) is 0.0382. The molecular weight excluding hydrogens is 556 g/mol. The lowest BCUT2D eigenvalue weighted by molar-refractivity contribution is -0.124. The second-order valence-electron chi connectivity index (χ2n) is 12.3. The van der Waals surface area contributed by atoms with Crippen molar-refractivity contribution in [3.05, 3.63) is 70.4 Å². The number of hydrogen-bond acceptors (Lipinski definition) is 6. The standard InChI is InChI=1S/C35H44N4O3S/c36-28-13-15-29(16-14-28)39(35(41)33-11-7-21-43-33)24-25-8-5-9-26(22-25)27-12-17-31(38-18-3-1-2-4-19-38)30(23-27)37-34(40)32-10-6-20-42-32/h5,7-9,11-12,17,21-23,28-29,32H,1-4,6,10,13-16,18-20,24,36H2,(H,37,40). The van der Waals surface area contributed by atoms with Crippen molar-refractivity contribution in [2.24, 2.45) is 5.73 Å². The smallest absolute Gasteiger partial charge is 0.264 e. The van der Waals surface area contributed by atoms with E-state index in [1.807, 2.05) is 17.5 Å². The quantitative estimate of drug-likeness (QED) is 0.296. The van der Waals surface area contributed by atoms with Gasteiger partial charge in [-0.1, -0.05) is 43.2 Å². The van der Waals surface area contributed by atoms with Crippen molar-refractivity contribution in [3.8, 4) is 11.1 Å². The Morgan fingerprint density at radius 1 is 0.907 bits per heavy atom. The summed E-state index contributed by atoms with van der Waals surface area (Å²) in [5, 5.41) is 5.20. The summed E-state index contributed by atoms with van der Waals surface area (Å²) in [5.41, 5.74) is 11.3. The van der Waals surface area contributed by atoms with Crippen LogP contribution in [-0.2, 0) is 16.1 Å². The van der Waals surface area contributed by atoms with Crippen LogP contribution in [0.25, 0.3) is 11.1 Å². The van der Waals surface area contributed by atoms with Crippen molar-refractivity contribution in [2.45, 2.75) is 88.9 Å². The van der Waals surface area contributed by atoms with Gasteiger partial charge in [-0.15, -0.1) is 11.3 Å². The lowest BCUT2D eigenvalue weighted by Gasteiger charge is -2.36. The Hall–Kier alpha value is -3.20. The molecule has 3 N–H and O–H groups in total. The molecule has 3 fully saturated rings. The van der Waals surface area contributed by atoms with Gasteiger partial charge in [0.2, 0.25) is 0 Å². The first kappa shape index (κ1) is 29.9. The van der Waals surface area contributed by atoms with Crippen molar-refractivity contribution in [1.29, 1.82) is 0 Å². The number of carbonyl (C=O) groups excluding carboxylic acids is 2. The maximum absolute atomic E-state index is 13.7. The van der Waals surface area contributed by atoms with E-state index in [9.17, 15) is 9.59 Å². The first-order valence-corrected chi connectivity index (χ1v) is 16.9. The van der Waals surface area contributed by atoms with E-state index in [2.05, 4.69) is 57.6 Å². The first-order chi connectivity index (χ1) is 21.0. The number of amides is 2. The van der Waals surface area contributed by atoms with Gasteiger partial charge in [0.15, 0.2) is 0 Å². The summed E-state index contributed by atoms with van der Waals surface area (Å²) in [6, 6.07) is 19.2. The average Bonchev–Trinajstić information content (AvgIpc) is 3.72. The monoisotopic (exact) mass is 600 g/mol. The molecule has 0 radical (unpaired) electrons. The molecule has 1 aromatic heterocycles. The van der Waals surface area contributed by atoms with Crippen molar-refractivity contribution >= 4 is 34.5 Å². The molecule has 3 heterocycles. The molecule has 7 nitrogen and oxygen atoms in total. The van der Waals surface area contributed by atoms with Gasteiger partial charge in [0.1, 0.15) is 6.10 Å². The van der Waals surface area contributed by atoms with Gasteiger partial charge >= 0.3 is 0 Å². The fourth-order valence-electron chi connectivity index (χ4n) is 6.77. The van der Waals surface area contributed by atoms with Crippen LogP contribution in [0.4, 0.5) is 11.4 Å². The fourth-order valence-corrected chi connectivity index (χ4v) is 7.45. The Morgan fingerprint density at radius 3 is 2.42 bits per heavy atom. The summed E-state index contributed by atoms with van der Waals surface area (Å²) in [6.45, 7) is 3.19. The van der Waals surface area contributed by atoms with E-state index in [1.54, 1.807) is 0 Å². The third-order valence-corrected chi connectivity index (χ3v) is 10.1. The molecule has 1 unspecified atom stereocenters. The molecule has 0 bridgehead atoms. The highest BCUT2D eigenvalue weighted by Gasteiger charge is 2.29. The molecule has 228 valence electrons. The van der Waals surface area contributed by atoms with Crippen LogP contribution in [0.3, 0.4) is 0 Å². The van der Waals surface area contributed by atoms with Crippen LogP contribution in [0.2, 0.25) is 0 Å². The number of hydrogen-bond donors (Lipinski definition) is 2. The van der Waals surface area contributed by atoms with Crippen LogP contribution in [0.15, 0.2) is 60.0 Å². The molecule has 1 aliphatic carbocycles. The number of carbonyl (C=O) groups is 2. The minimum Gasteiger partial charge on any atom is -0.370 e. The Labute approximate surface area is 259 Å². The van der Waals surface area contributed by atoms with E-state index in [0.29, 0.717) is 13.2 Å². The SMILES string of the molecule is NC1CCC(N(Cc2cccc(-c3ccc(N4CCCCCC4)c(NC(=O)C4CCCO4)c3)c2)C(=O)c2cccs2)CC1. The number of nitrogens with zero attached hydrogens (tertiary/aromatic N) is 2. The Bertz CT molecular complexity index is 1370. The van der Waals surface area contributed by atoms with Crippen LogP contribution in [0.1, 0.15) is 79.4 Å². The van der Waals surface area contributed by atoms with E-state index in [0.717, 1.165) is 97.4 Å². The van der Waals surface area contributed by atoms with Crippen LogP contribution in [0.5, 0.6) is 0 Å².